The Morgan fingerprint density at radius 1 is 1.03 bits per heavy atom. The highest BCUT2D eigenvalue weighted by Crippen LogP contribution is 2.22. The minimum atomic E-state index is -3.68. The minimum absolute atomic E-state index is 0.0110. The van der Waals surface area contributed by atoms with E-state index in [4.69, 9.17) is 17.3 Å². The predicted molar refractivity (Wildman–Crippen MR) is 122 cm³/mol. The van der Waals surface area contributed by atoms with E-state index in [1.54, 1.807) is 24.3 Å². The zero-order chi connectivity index (χ0) is 24.0. The molecule has 1 atom stereocenters. The molecule has 4 amide bonds. The van der Waals surface area contributed by atoms with E-state index in [1.807, 2.05) is 0 Å². The molecule has 1 aliphatic rings. The highest BCUT2D eigenvalue weighted by atomic mass is 35.5. The van der Waals surface area contributed by atoms with Gasteiger partial charge in [-0.05, 0) is 48.7 Å². The third kappa shape index (κ3) is 6.44. The molecule has 1 aliphatic heterocycles. The number of halogens is 1. The molecule has 5 N–H and O–H groups in total. The molecule has 3 rings (SSSR count). The smallest absolute Gasteiger partial charge is 0.312 e. The number of amides is 4. The quantitative estimate of drug-likeness (QED) is 0.433. The lowest BCUT2D eigenvalue weighted by atomic mass is 10.0. The molecular formula is C21H24ClN5O5S. The number of carbonyl (C=O) groups excluding carboxylic acids is 3. The van der Waals surface area contributed by atoms with Crippen LogP contribution in [0, 0.1) is 0 Å². The average molecular weight is 494 g/mol. The number of nitrogens with zero attached hydrogens (tertiary/aromatic N) is 1. The number of hydrazine groups is 1. The Kier molecular flexibility index (Phi) is 7.90. The van der Waals surface area contributed by atoms with E-state index in [0.29, 0.717) is 23.7 Å². The Labute approximate surface area is 196 Å². The van der Waals surface area contributed by atoms with E-state index in [-0.39, 0.29) is 16.9 Å². The van der Waals surface area contributed by atoms with Gasteiger partial charge in [-0.3, -0.25) is 20.4 Å². The van der Waals surface area contributed by atoms with E-state index in [2.05, 4.69) is 16.2 Å². The first-order valence-electron chi connectivity index (χ1n) is 10.2. The van der Waals surface area contributed by atoms with Gasteiger partial charge in [0.05, 0.1) is 17.4 Å². The van der Waals surface area contributed by atoms with Crippen molar-refractivity contribution >= 4 is 39.5 Å². The fourth-order valence-corrected chi connectivity index (χ4v) is 5.12. The van der Waals surface area contributed by atoms with E-state index >= 15 is 0 Å². The summed E-state index contributed by atoms with van der Waals surface area (Å²) in [6.45, 7) is 0.895. The SMILES string of the molecule is NC(=O)NC(CC(=O)NNC(=O)c1cccc(S(=O)(=O)N2CCCC2)c1)c1ccc(Cl)cc1. The van der Waals surface area contributed by atoms with Crippen LogP contribution < -0.4 is 21.9 Å². The van der Waals surface area contributed by atoms with Crippen molar-refractivity contribution in [2.45, 2.75) is 30.2 Å². The molecule has 1 saturated heterocycles. The first-order chi connectivity index (χ1) is 15.7. The lowest BCUT2D eigenvalue weighted by Gasteiger charge is -2.18. The Bertz CT molecular complexity index is 1130. The van der Waals surface area contributed by atoms with Crippen molar-refractivity contribution in [3.63, 3.8) is 0 Å². The molecule has 2 aromatic carbocycles. The van der Waals surface area contributed by atoms with Gasteiger partial charge in [0.15, 0.2) is 0 Å². The van der Waals surface area contributed by atoms with Crippen molar-refractivity contribution in [3.05, 3.63) is 64.7 Å². The van der Waals surface area contributed by atoms with E-state index in [0.717, 1.165) is 12.8 Å². The lowest BCUT2D eigenvalue weighted by molar-refractivity contribution is -0.122. The summed E-state index contributed by atoms with van der Waals surface area (Å²) in [4.78, 5) is 36.2. The summed E-state index contributed by atoms with van der Waals surface area (Å²) in [5.74, 6) is -1.29. The average Bonchev–Trinajstić information content (AvgIpc) is 3.33. The number of carbonyl (C=O) groups is 3. The van der Waals surface area contributed by atoms with E-state index in [1.165, 1.54) is 28.6 Å². The zero-order valence-corrected chi connectivity index (χ0v) is 19.2. The number of primary amides is 1. The van der Waals surface area contributed by atoms with Gasteiger partial charge in [-0.2, -0.15) is 4.31 Å². The number of urea groups is 1. The van der Waals surface area contributed by atoms with Gasteiger partial charge in [-0.25, -0.2) is 13.2 Å². The maximum Gasteiger partial charge on any atom is 0.312 e. The van der Waals surface area contributed by atoms with Gasteiger partial charge in [0.25, 0.3) is 5.91 Å². The van der Waals surface area contributed by atoms with Crippen LogP contribution in [0.5, 0.6) is 0 Å². The number of hydrogen-bond acceptors (Lipinski definition) is 5. The molecule has 176 valence electrons. The summed E-state index contributed by atoms with van der Waals surface area (Å²) in [5.41, 5.74) is 10.4. The summed E-state index contributed by atoms with van der Waals surface area (Å²) in [6, 6.07) is 10.5. The standard InChI is InChI=1S/C21H24ClN5O5S/c22-16-8-6-14(7-9-16)18(24-21(23)30)13-19(28)25-26-20(29)15-4-3-5-17(12-15)33(31,32)27-10-1-2-11-27/h3-9,12,18H,1-2,10-11,13H2,(H,25,28)(H,26,29)(H3,23,24,30). The lowest BCUT2D eigenvalue weighted by Crippen LogP contribution is -2.44. The van der Waals surface area contributed by atoms with Gasteiger partial charge < -0.3 is 11.1 Å². The van der Waals surface area contributed by atoms with Crippen molar-refractivity contribution in [3.8, 4) is 0 Å². The van der Waals surface area contributed by atoms with Crippen LogP contribution >= 0.6 is 11.6 Å². The van der Waals surface area contributed by atoms with Gasteiger partial charge in [0.2, 0.25) is 15.9 Å². The van der Waals surface area contributed by atoms with Crippen molar-refractivity contribution < 1.29 is 22.8 Å². The van der Waals surface area contributed by atoms with Crippen LogP contribution in [0.3, 0.4) is 0 Å². The number of rotatable bonds is 7. The number of nitrogens with two attached hydrogens (primary N) is 1. The van der Waals surface area contributed by atoms with Gasteiger partial charge >= 0.3 is 6.03 Å². The predicted octanol–water partition coefficient (Wildman–Crippen LogP) is 1.69. The molecule has 12 heteroatoms. The minimum Gasteiger partial charge on any atom is -0.352 e. The van der Waals surface area contributed by atoms with Crippen molar-refractivity contribution in [2.75, 3.05) is 13.1 Å². The van der Waals surface area contributed by atoms with Crippen LogP contribution in [-0.4, -0.2) is 43.7 Å². The highest BCUT2D eigenvalue weighted by molar-refractivity contribution is 7.89. The second-order valence-electron chi connectivity index (χ2n) is 7.46. The molecule has 10 nitrogen and oxygen atoms in total. The van der Waals surface area contributed by atoms with E-state index < -0.39 is 33.9 Å². The third-order valence-electron chi connectivity index (χ3n) is 5.09. The molecule has 0 spiro atoms. The first kappa shape index (κ1) is 24.5. The first-order valence-corrected chi connectivity index (χ1v) is 12.0. The second-order valence-corrected chi connectivity index (χ2v) is 9.83. The molecule has 1 heterocycles. The van der Waals surface area contributed by atoms with Crippen LogP contribution in [0.2, 0.25) is 5.02 Å². The van der Waals surface area contributed by atoms with Crippen molar-refractivity contribution in [2.24, 2.45) is 5.73 Å². The Morgan fingerprint density at radius 2 is 1.70 bits per heavy atom. The molecule has 0 aliphatic carbocycles. The highest BCUT2D eigenvalue weighted by Gasteiger charge is 2.27. The number of sulfonamides is 1. The van der Waals surface area contributed by atoms with Crippen LogP contribution in [0.25, 0.3) is 0 Å². The molecule has 0 bridgehead atoms. The zero-order valence-electron chi connectivity index (χ0n) is 17.6. The van der Waals surface area contributed by atoms with Gasteiger partial charge in [-0.1, -0.05) is 29.8 Å². The molecule has 0 saturated carbocycles. The Hall–Kier alpha value is -3.15. The molecule has 2 aromatic rings. The van der Waals surface area contributed by atoms with Crippen molar-refractivity contribution in [1.29, 1.82) is 0 Å². The van der Waals surface area contributed by atoms with Crippen LogP contribution in [0.15, 0.2) is 53.4 Å². The summed E-state index contributed by atoms with van der Waals surface area (Å²) in [6.07, 6.45) is 1.38. The maximum atomic E-state index is 12.7. The third-order valence-corrected chi connectivity index (χ3v) is 7.24. The van der Waals surface area contributed by atoms with Crippen molar-refractivity contribution in [1.82, 2.24) is 20.5 Å². The van der Waals surface area contributed by atoms with Crippen LogP contribution in [-0.2, 0) is 14.8 Å². The fraction of sp³-hybridized carbons (Fsp3) is 0.286. The Balaban J connectivity index is 1.63. The summed E-state index contributed by atoms with van der Waals surface area (Å²) in [5, 5.41) is 2.96. The van der Waals surface area contributed by atoms with Gasteiger partial charge in [-0.15, -0.1) is 0 Å². The molecule has 0 aromatic heterocycles. The summed E-state index contributed by atoms with van der Waals surface area (Å²) in [7, 11) is -3.68. The summed E-state index contributed by atoms with van der Waals surface area (Å²) >= 11 is 5.87. The largest absolute Gasteiger partial charge is 0.352 e. The molecule has 33 heavy (non-hydrogen) atoms. The monoisotopic (exact) mass is 493 g/mol. The molecule has 0 radical (unpaired) electrons. The number of nitrogens with one attached hydrogen (secondary N) is 3. The van der Waals surface area contributed by atoms with Gasteiger partial charge in [0, 0.05) is 23.7 Å². The fourth-order valence-electron chi connectivity index (χ4n) is 3.43. The molecule has 1 unspecified atom stereocenters. The number of benzene rings is 2. The van der Waals surface area contributed by atoms with Crippen LogP contribution in [0.4, 0.5) is 4.79 Å². The normalized spacial score (nSPS) is 14.9. The maximum absolute atomic E-state index is 12.7. The Morgan fingerprint density at radius 3 is 2.33 bits per heavy atom. The van der Waals surface area contributed by atoms with Crippen LogP contribution in [0.1, 0.15) is 41.2 Å². The second kappa shape index (κ2) is 10.6. The van der Waals surface area contributed by atoms with E-state index in [9.17, 15) is 22.8 Å². The molecular weight excluding hydrogens is 470 g/mol. The number of hydrogen-bond donors (Lipinski definition) is 4. The summed E-state index contributed by atoms with van der Waals surface area (Å²) < 4.78 is 26.8. The topological polar surface area (TPSA) is 151 Å². The van der Waals surface area contributed by atoms with Gasteiger partial charge in [0.1, 0.15) is 0 Å². The molecule has 1 fully saturated rings.